The van der Waals surface area contributed by atoms with Crippen LogP contribution in [0.2, 0.25) is 0 Å². The lowest BCUT2D eigenvalue weighted by Crippen LogP contribution is -2.46. The molecule has 0 rings (SSSR count). The number of unbranched alkanes of at least 4 members (excludes halogenated alkanes) is 30. The summed E-state index contributed by atoms with van der Waals surface area (Å²) in [5.74, 6) is -0.615. The molecule has 0 aliphatic carbocycles. The first-order valence-electron chi connectivity index (χ1n) is 26.4. The molecule has 0 bridgehead atoms. The summed E-state index contributed by atoms with van der Waals surface area (Å²) >= 11 is 0. The van der Waals surface area contributed by atoms with E-state index in [0.29, 0.717) is 19.3 Å². The topological polar surface area (TPSA) is 95.9 Å². The van der Waals surface area contributed by atoms with Gasteiger partial charge in [-0.25, -0.2) is 0 Å². The quantitative estimate of drug-likeness (QED) is 0.0245. The average Bonchev–Trinajstić information content (AvgIpc) is 3.25. The van der Waals surface area contributed by atoms with Gasteiger partial charge in [0.05, 0.1) is 25.2 Å². The van der Waals surface area contributed by atoms with E-state index < -0.39 is 18.2 Å². The summed E-state index contributed by atoms with van der Waals surface area (Å²) < 4.78 is 5.82. The van der Waals surface area contributed by atoms with Crippen LogP contribution >= 0.6 is 0 Å². The van der Waals surface area contributed by atoms with Crippen molar-refractivity contribution in [2.75, 3.05) is 6.61 Å². The molecule has 3 atom stereocenters. The fourth-order valence-corrected chi connectivity index (χ4v) is 7.86. The van der Waals surface area contributed by atoms with E-state index in [2.05, 4.69) is 62.5 Å². The second kappa shape index (κ2) is 48.8. The summed E-state index contributed by atoms with van der Waals surface area (Å²) in [6.45, 7) is 6.44. The molecule has 0 saturated heterocycles. The minimum Gasteiger partial charge on any atom is -0.458 e. The number of carbonyl (C=O) groups is 2. The second-order valence-corrected chi connectivity index (χ2v) is 18.0. The highest BCUT2D eigenvalue weighted by atomic mass is 16.5. The summed E-state index contributed by atoms with van der Waals surface area (Å²) in [5.41, 5.74) is 0. The largest absolute Gasteiger partial charge is 0.458 e. The number of aliphatic hydroxyl groups excluding tert-OH is 2. The van der Waals surface area contributed by atoms with E-state index in [-0.39, 0.29) is 24.9 Å². The number of amides is 1. The fourth-order valence-electron chi connectivity index (χ4n) is 7.86. The number of aliphatic hydroxyl groups is 2. The zero-order valence-corrected chi connectivity index (χ0v) is 40.5. The van der Waals surface area contributed by atoms with Crippen molar-refractivity contribution < 1.29 is 24.5 Å². The molecule has 0 saturated carbocycles. The molecule has 61 heavy (non-hydrogen) atoms. The first-order chi connectivity index (χ1) is 30.0. The third-order valence-corrected chi connectivity index (χ3v) is 11.9. The standard InChI is InChI=1S/C55H101NO5/c1-4-7-10-13-16-19-22-24-25-26-27-28-30-33-36-39-42-45-48-55(60)61-51(46-43-40-37-34-31-21-18-15-12-9-6-3)49-54(59)56-52(50-57)53(58)47-44-41-38-35-32-29-23-20-17-14-11-8-5-2/h25-28,34,37,43,46,51-53,57-58H,4-24,29-33,35-36,38-42,44-45,47-50H2,1-3H3,(H,56,59)/b26-25+,28-27+,37-34-,46-43+. The first kappa shape index (κ1) is 58.8. The van der Waals surface area contributed by atoms with Crippen LogP contribution in [0.5, 0.6) is 0 Å². The SMILES string of the molecule is CCCCCCCC/C=C\C/C=C/C(CC(=O)NC(CO)C(O)CCCCCCCCCCCCCCC)OC(=O)CCCCCCC/C=C/C=C/CCCCCCCCC. The van der Waals surface area contributed by atoms with Gasteiger partial charge in [0.1, 0.15) is 6.10 Å². The number of nitrogens with one attached hydrogen (secondary N) is 1. The van der Waals surface area contributed by atoms with Crippen LogP contribution in [0.1, 0.15) is 265 Å². The summed E-state index contributed by atoms with van der Waals surface area (Å²) in [5, 5.41) is 23.7. The van der Waals surface area contributed by atoms with Gasteiger partial charge in [-0.3, -0.25) is 9.59 Å². The third-order valence-electron chi connectivity index (χ3n) is 11.9. The second-order valence-electron chi connectivity index (χ2n) is 18.0. The Morgan fingerprint density at radius 1 is 0.508 bits per heavy atom. The van der Waals surface area contributed by atoms with Gasteiger partial charge in [0.25, 0.3) is 0 Å². The van der Waals surface area contributed by atoms with Crippen molar-refractivity contribution in [1.82, 2.24) is 5.32 Å². The minimum absolute atomic E-state index is 0.0342. The van der Waals surface area contributed by atoms with Crippen LogP contribution in [-0.2, 0) is 14.3 Å². The van der Waals surface area contributed by atoms with Gasteiger partial charge < -0.3 is 20.3 Å². The first-order valence-corrected chi connectivity index (χ1v) is 26.4. The van der Waals surface area contributed by atoms with Crippen molar-refractivity contribution in [2.24, 2.45) is 0 Å². The molecule has 0 radical (unpaired) electrons. The highest BCUT2D eigenvalue weighted by Crippen LogP contribution is 2.16. The maximum absolute atomic E-state index is 13.2. The van der Waals surface area contributed by atoms with E-state index in [1.807, 2.05) is 12.2 Å². The smallest absolute Gasteiger partial charge is 0.306 e. The number of esters is 1. The Morgan fingerprint density at radius 3 is 1.38 bits per heavy atom. The summed E-state index contributed by atoms with van der Waals surface area (Å²) in [6.07, 6.45) is 59.2. The Bertz CT molecular complexity index is 1050. The van der Waals surface area contributed by atoms with Crippen molar-refractivity contribution in [3.8, 4) is 0 Å². The zero-order valence-electron chi connectivity index (χ0n) is 40.5. The van der Waals surface area contributed by atoms with E-state index in [9.17, 15) is 19.8 Å². The Hall–Kier alpha value is -2.18. The van der Waals surface area contributed by atoms with Crippen LogP contribution in [0.3, 0.4) is 0 Å². The maximum Gasteiger partial charge on any atom is 0.306 e. The maximum atomic E-state index is 13.2. The number of hydrogen-bond acceptors (Lipinski definition) is 5. The zero-order chi connectivity index (χ0) is 44.5. The van der Waals surface area contributed by atoms with Crippen molar-refractivity contribution >= 4 is 11.9 Å². The lowest BCUT2D eigenvalue weighted by molar-refractivity contribution is -0.148. The normalized spacial score (nSPS) is 13.6. The van der Waals surface area contributed by atoms with Gasteiger partial charge in [0, 0.05) is 6.42 Å². The molecule has 356 valence electrons. The molecule has 3 N–H and O–H groups in total. The average molecular weight is 856 g/mol. The van der Waals surface area contributed by atoms with Crippen LogP contribution in [0.4, 0.5) is 0 Å². The predicted octanol–water partition coefficient (Wildman–Crippen LogP) is 15.8. The van der Waals surface area contributed by atoms with Crippen LogP contribution in [-0.4, -0.2) is 46.9 Å². The molecule has 1 amide bonds. The fraction of sp³-hybridized carbons (Fsp3) is 0.818. The Morgan fingerprint density at radius 2 is 0.918 bits per heavy atom. The van der Waals surface area contributed by atoms with Crippen molar-refractivity contribution in [3.63, 3.8) is 0 Å². The summed E-state index contributed by atoms with van der Waals surface area (Å²) in [4.78, 5) is 26.1. The van der Waals surface area contributed by atoms with Gasteiger partial charge in [-0.15, -0.1) is 0 Å². The van der Waals surface area contributed by atoms with E-state index in [0.717, 1.165) is 64.2 Å². The predicted molar refractivity (Wildman–Crippen MR) is 264 cm³/mol. The molecule has 3 unspecified atom stereocenters. The van der Waals surface area contributed by atoms with Gasteiger partial charge in [-0.05, 0) is 63.9 Å². The molecule has 0 aliphatic rings. The van der Waals surface area contributed by atoms with Crippen LogP contribution < -0.4 is 5.32 Å². The van der Waals surface area contributed by atoms with Gasteiger partial charge in [-0.1, -0.05) is 237 Å². The van der Waals surface area contributed by atoms with Crippen LogP contribution in [0.15, 0.2) is 48.6 Å². The minimum atomic E-state index is -0.813. The van der Waals surface area contributed by atoms with E-state index >= 15 is 0 Å². The molecule has 0 heterocycles. The number of ether oxygens (including phenoxy) is 1. The molecular formula is C55H101NO5. The van der Waals surface area contributed by atoms with Crippen molar-refractivity contribution in [3.05, 3.63) is 48.6 Å². The highest BCUT2D eigenvalue weighted by Gasteiger charge is 2.23. The Labute approximate surface area is 378 Å². The molecule has 0 aromatic carbocycles. The van der Waals surface area contributed by atoms with Gasteiger partial charge >= 0.3 is 5.97 Å². The van der Waals surface area contributed by atoms with Gasteiger partial charge in [0.2, 0.25) is 5.91 Å². The van der Waals surface area contributed by atoms with Gasteiger partial charge in [-0.2, -0.15) is 0 Å². The monoisotopic (exact) mass is 856 g/mol. The number of hydrogen-bond donors (Lipinski definition) is 3. The molecule has 0 aromatic heterocycles. The Kier molecular flexibility index (Phi) is 47.1. The summed E-state index contributed by atoms with van der Waals surface area (Å²) in [6, 6.07) is -0.735. The molecule has 6 nitrogen and oxygen atoms in total. The number of carbonyl (C=O) groups excluding carboxylic acids is 2. The van der Waals surface area contributed by atoms with Crippen molar-refractivity contribution in [1.29, 1.82) is 0 Å². The van der Waals surface area contributed by atoms with E-state index in [4.69, 9.17) is 4.74 Å². The lowest BCUT2D eigenvalue weighted by atomic mass is 10.0. The Balaban J connectivity index is 4.60. The third kappa shape index (κ3) is 44.2. The number of allylic oxidation sites excluding steroid dienone is 7. The van der Waals surface area contributed by atoms with Crippen LogP contribution in [0.25, 0.3) is 0 Å². The lowest BCUT2D eigenvalue weighted by Gasteiger charge is -2.23. The highest BCUT2D eigenvalue weighted by molar-refractivity contribution is 5.78. The number of rotatable bonds is 47. The molecule has 0 aliphatic heterocycles. The van der Waals surface area contributed by atoms with E-state index in [1.165, 1.54) is 154 Å². The molecule has 0 fully saturated rings. The molecular weight excluding hydrogens is 755 g/mol. The molecule has 0 aromatic rings. The molecule has 0 spiro atoms. The van der Waals surface area contributed by atoms with E-state index in [1.54, 1.807) is 0 Å². The summed E-state index contributed by atoms with van der Waals surface area (Å²) in [7, 11) is 0. The van der Waals surface area contributed by atoms with Crippen molar-refractivity contribution in [2.45, 2.75) is 283 Å². The molecule has 6 heteroatoms. The van der Waals surface area contributed by atoms with Gasteiger partial charge in [0.15, 0.2) is 0 Å². The van der Waals surface area contributed by atoms with Crippen LogP contribution in [0, 0.1) is 0 Å².